The van der Waals surface area contributed by atoms with Crippen molar-refractivity contribution in [2.75, 3.05) is 19.0 Å². The van der Waals surface area contributed by atoms with Crippen LogP contribution in [0.5, 0.6) is 11.5 Å². The molecule has 1 fully saturated rings. The van der Waals surface area contributed by atoms with E-state index in [0.717, 1.165) is 24.2 Å². The van der Waals surface area contributed by atoms with Gasteiger partial charge >= 0.3 is 6.61 Å². The van der Waals surface area contributed by atoms with Crippen LogP contribution in [-0.2, 0) is 11.3 Å². The highest BCUT2D eigenvalue weighted by Crippen LogP contribution is 2.28. The van der Waals surface area contributed by atoms with Crippen LogP contribution in [0.25, 0.3) is 0 Å². The van der Waals surface area contributed by atoms with Crippen LogP contribution in [-0.4, -0.2) is 37.1 Å². The second kappa shape index (κ2) is 8.81. The fraction of sp³-hybridized carbons (Fsp3) is 0.350. The fourth-order valence-corrected chi connectivity index (χ4v) is 2.82. The van der Waals surface area contributed by atoms with E-state index in [-0.39, 0.29) is 18.2 Å². The summed E-state index contributed by atoms with van der Waals surface area (Å²) in [6.07, 6.45) is 2.17. The number of rotatable bonds is 9. The molecule has 0 aliphatic heterocycles. The molecule has 0 heterocycles. The summed E-state index contributed by atoms with van der Waals surface area (Å²) in [5.41, 5.74) is 1.66. The maximum Gasteiger partial charge on any atom is 0.387 e. The normalized spacial score (nSPS) is 13.7. The molecule has 0 spiro atoms. The minimum Gasteiger partial charge on any atom is -0.497 e. The van der Waals surface area contributed by atoms with E-state index in [4.69, 9.17) is 4.74 Å². The number of amides is 1. The molecule has 0 atom stereocenters. The molecule has 144 valence electrons. The lowest BCUT2D eigenvalue weighted by molar-refractivity contribution is -0.117. The van der Waals surface area contributed by atoms with E-state index in [0.29, 0.717) is 18.3 Å². The number of benzene rings is 2. The highest BCUT2D eigenvalue weighted by Gasteiger charge is 2.30. The van der Waals surface area contributed by atoms with Gasteiger partial charge in [-0.05, 0) is 54.8 Å². The number of carbonyl (C=O) groups excluding carboxylic acids is 1. The third kappa shape index (κ3) is 5.92. The molecule has 2 aromatic carbocycles. The predicted molar refractivity (Wildman–Crippen MR) is 98.1 cm³/mol. The summed E-state index contributed by atoms with van der Waals surface area (Å²) < 4.78 is 33.8. The zero-order valence-electron chi connectivity index (χ0n) is 15.0. The number of anilines is 1. The van der Waals surface area contributed by atoms with Gasteiger partial charge in [0.15, 0.2) is 0 Å². The second-order valence-corrected chi connectivity index (χ2v) is 6.44. The van der Waals surface area contributed by atoms with E-state index in [1.165, 1.54) is 12.1 Å². The molecule has 3 rings (SSSR count). The van der Waals surface area contributed by atoms with Crippen molar-refractivity contribution in [2.24, 2.45) is 0 Å². The maximum absolute atomic E-state index is 12.4. The van der Waals surface area contributed by atoms with Crippen LogP contribution in [0.3, 0.4) is 0 Å². The molecule has 1 aliphatic rings. The molecule has 7 heteroatoms. The number of ether oxygens (including phenoxy) is 2. The van der Waals surface area contributed by atoms with Gasteiger partial charge in [0.2, 0.25) is 5.91 Å². The summed E-state index contributed by atoms with van der Waals surface area (Å²) in [5.74, 6) is 0.716. The van der Waals surface area contributed by atoms with Gasteiger partial charge in [0.25, 0.3) is 0 Å². The number of alkyl halides is 2. The third-order valence-electron chi connectivity index (χ3n) is 4.32. The van der Waals surface area contributed by atoms with E-state index in [2.05, 4.69) is 15.0 Å². The lowest BCUT2D eigenvalue weighted by atomic mass is 10.2. The molecule has 1 aliphatic carbocycles. The summed E-state index contributed by atoms with van der Waals surface area (Å²) in [6, 6.07) is 14.1. The van der Waals surface area contributed by atoms with Crippen molar-refractivity contribution >= 4 is 11.6 Å². The molecule has 27 heavy (non-hydrogen) atoms. The first-order chi connectivity index (χ1) is 13.0. The molecule has 0 radical (unpaired) electrons. The van der Waals surface area contributed by atoms with E-state index >= 15 is 0 Å². The summed E-state index contributed by atoms with van der Waals surface area (Å²) in [5, 5.41) is 2.80. The first kappa shape index (κ1) is 19.1. The van der Waals surface area contributed by atoms with E-state index in [1.54, 1.807) is 19.2 Å². The molecule has 0 saturated heterocycles. The van der Waals surface area contributed by atoms with Crippen LogP contribution in [0.2, 0.25) is 0 Å². The topological polar surface area (TPSA) is 50.8 Å². The fourth-order valence-electron chi connectivity index (χ4n) is 2.82. The van der Waals surface area contributed by atoms with Gasteiger partial charge in [-0.25, -0.2) is 0 Å². The number of methoxy groups -OCH3 is 1. The molecule has 0 bridgehead atoms. The summed E-state index contributed by atoms with van der Waals surface area (Å²) in [6.45, 7) is -1.91. The largest absolute Gasteiger partial charge is 0.497 e. The monoisotopic (exact) mass is 376 g/mol. The van der Waals surface area contributed by atoms with Gasteiger partial charge in [0.05, 0.1) is 13.7 Å². The average molecular weight is 376 g/mol. The van der Waals surface area contributed by atoms with Gasteiger partial charge < -0.3 is 14.8 Å². The Bertz CT molecular complexity index is 747. The van der Waals surface area contributed by atoms with Crippen LogP contribution in [0, 0.1) is 0 Å². The van der Waals surface area contributed by atoms with Gasteiger partial charge in [-0.3, -0.25) is 9.69 Å². The predicted octanol–water partition coefficient (Wildman–Crippen LogP) is 3.90. The highest BCUT2D eigenvalue weighted by molar-refractivity contribution is 5.92. The number of carbonyl (C=O) groups is 1. The molecule has 2 aromatic rings. The van der Waals surface area contributed by atoms with Crippen LogP contribution in [0.4, 0.5) is 14.5 Å². The quantitative estimate of drug-likeness (QED) is 0.721. The SMILES string of the molecule is COc1ccc(CN(CC(=O)Nc2ccc(OC(F)F)cc2)C2CC2)cc1. The molecule has 5 nitrogen and oxygen atoms in total. The number of hydrogen-bond donors (Lipinski definition) is 1. The summed E-state index contributed by atoms with van der Waals surface area (Å²) in [4.78, 5) is 14.5. The molecular weight excluding hydrogens is 354 g/mol. The van der Waals surface area contributed by atoms with Crippen molar-refractivity contribution in [1.82, 2.24) is 4.90 Å². The first-order valence-corrected chi connectivity index (χ1v) is 8.75. The van der Waals surface area contributed by atoms with Crippen molar-refractivity contribution in [1.29, 1.82) is 0 Å². The van der Waals surface area contributed by atoms with Crippen molar-refractivity contribution in [3.05, 3.63) is 54.1 Å². The molecule has 1 saturated carbocycles. The Balaban J connectivity index is 1.55. The molecular formula is C20H22F2N2O3. The molecule has 0 unspecified atom stereocenters. The Labute approximate surface area is 156 Å². The van der Waals surface area contributed by atoms with E-state index < -0.39 is 6.61 Å². The summed E-state index contributed by atoms with van der Waals surface area (Å²) in [7, 11) is 1.63. The Morgan fingerprint density at radius 1 is 1.11 bits per heavy atom. The minimum absolute atomic E-state index is 0.0575. The van der Waals surface area contributed by atoms with Crippen LogP contribution < -0.4 is 14.8 Å². The van der Waals surface area contributed by atoms with Crippen molar-refractivity contribution in [2.45, 2.75) is 32.0 Å². The zero-order chi connectivity index (χ0) is 19.2. The van der Waals surface area contributed by atoms with Crippen molar-refractivity contribution in [3.8, 4) is 11.5 Å². The number of halogens is 2. The van der Waals surface area contributed by atoms with Gasteiger partial charge in [-0.2, -0.15) is 8.78 Å². The lowest BCUT2D eigenvalue weighted by Gasteiger charge is -2.21. The minimum atomic E-state index is -2.87. The summed E-state index contributed by atoms with van der Waals surface area (Å²) >= 11 is 0. The second-order valence-electron chi connectivity index (χ2n) is 6.44. The first-order valence-electron chi connectivity index (χ1n) is 8.75. The van der Waals surface area contributed by atoms with Crippen molar-refractivity contribution < 1.29 is 23.0 Å². The Kier molecular flexibility index (Phi) is 6.24. The third-order valence-corrected chi connectivity index (χ3v) is 4.32. The van der Waals surface area contributed by atoms with Gasteiger partial charge in [-0.15, -0.1) is 0 Å². The number of nitrogens with one attached hydrogen (secondary N) is 1. The van der Waals surface area contributed by atoms with E-state index in [9.17, 15) is 13.6 Å². The Morgan fingerprint density at radius 3 is 2.30 bits per heavy atom. The smallest absolute Gasteiger partial charge is 0.387 e. The average Bonchev–Trinajstić information content (AvgIpc) is 3.48. The van der Waals surface area contributed by atoms with Gasteiger partial charge in [0.1, 0.15) is 11.5 Å². The Hall–Kier alpha value is -2.67. The lowest BCUT2D eigenvalue weighted by Crippen LogP contribution is -2.34. The van der Waals surface area contributed by atoms with Crippen LogP contribution in [0.15, 0.2) is 48.5 Å². The Morgan fingerprint density at radius 2 is 1.74 bits per heavy atom. The number of nitrogens with zero attached hydrogens (tertiary/aromatic N) is 1. The maximum atomic E-state index is 12.4. The molecule has 1 N–H and O–H groups in total. The van der Waals surface area contributed by atoms with Gasteiger partial charge in [0, 0.05) is 18.3 Å². The van der Waals surface area contributed by atoms with Gasteiger partial charge in [-0.1, -0.05) is 12.1 Å². The van der Waals surface area contributed by atoms with Crippen molar-refractivity contribution in [3.63, 3.8) is 0 Å². The molecule has 0 aromatic heterocycles. The number of hydrogen-bond acceptors (Lipinski definition) is 4. The van der Waals surface area contributed by atoms with E-state index in [1.807, 2.05) is 24.3 Å². The molecule has 1 amide bonds. The zero-order valence-corrected chi connectivity index (χ0v) is 15.0. The standard InChI is InChI=1S/C20H22F2N2O3/c1-26-17-8-2-14(3-9-17)12-24(16-6-7-16)13-19(25)23-15-4-10-18(11-5-15)27-20(21)22/h2-5,8-11,16,20H,6-7,12-13H2,1H3,(H,23,25). The van der Waals surface area contributed by atoms with Crippen LogP contribution >= 0.6 is 0 Å². The highest BCUT2D eigenvalue weighted by atomic mass is 19.3. The van der Waals surface area contributed by atoms with Crippen LogP contribution in [0.1, 0.15) is 18.4 Å².